The average Bonchev–Trinajstić information content (AvgIpc) is 3.27. The highest BCUT2D eigenvalue weighted by molar-refractivity contribution is 7.12. The van der Waals surface area contributed by atoms with Crippen LogP contribution in [-0.4, -0.2) is 24.3 Å². The van der Waals surface area contributed by atoms with Crippen LogP contribution in [0.5, 0.6) is 5.75 Å². The predicted octanol–water partition coefficient (Wildman–Crippen LogP) is 2.98. The van der Waals surface area contributed by atoms with Crippen molar-refractivity contribution in [1.82, 2.24) is 10.9 Å². The minimum Gasteiger partial charge on any atom is -0.481 e. The molecule has 0 atom stereocenters. The molecule has 0 bridgehead atoms. The van der Waals surface area contributed by atoms with Crippen molar-refractivity contribution in [2.45, 2.75) is 0 Å². The van der Waals surface area contributed by atoms with E-state index >= 15 is 0 Å². The van der Waals surface area contributed by atoms with Crippen LogP contribution >= 0.6 is 11.3 Å². The molecule has 0 spiro atoms. The molecule has 9 heteroatoms. The fraction of sp³-hybridized carbons (Fsp3) is 0.0500. The number of amides is 3. The van der Waals surface area contributed by atoms with E-state index in [9.17, 15) is 18.8 Å². The van der Waals surface area contributed by atoms with Gasteiger partial charge in [-0.25, -0.2) is 4.39 Å². The minimum atomic E-state index is -0.663. The normalized spacial score (nSPS) is 10.1. The average molecular weight is 413 g/mol. The van der Waals surface area contributed by atoms with Gasteiger partial charge in [0.1, 0.15) is 0 Å². The first kappa shape index (κ1) is 20.0. The Hall–Kier alpha value is -3.72. The fourth-order valence-corrected chi connectivity index (χ4v) is 2.90. The van der Waals surface area contributed by atoms with Crippen LogP contribution in [0.15, 0.2) is 66.0 Å². The second-order valence-corrected chi connectivity index (χ2v) is 6.68. The highest BCUT2D eigenvalue weighted by Gasteiger charge is 2.11. The van der Waals surface area contributed by atoms with E-state index in [1.54, 1.807) is 35.7 Å². The Bertz CT molecular complexity index is 1020. The summed E-state index contributed by atoms with van der Waals surface area (Å²) in [5, 5.41) is 4.49. The summed E-state index contributed by atoms with van der Waals surface area (Å²) in [5.41, 5.74) is 5.08. The standard InChI is InChI=1S/C20H16FN3O4S/c21-15-7-1-2-8-16(15)28-12-18(25)23-24-19(26)13-5-3-6-14(11-13)22-20(27)17-9-4-10-29-17/h1-11H,12H2,(H,22,27)(H,23,25)(H,24,26). The van der Waals surface area contributed by atoms with E-state index in [2.05, 4.69) is 16.2 Å². The lowest BCUT2D eigenvalue weighted by atomic mass is 10.2. The van der Waals surface area contributed by atoms with Gasteiger partial charge in [0.25, 0.3) is 17.7 Å². The molecule has 7 nitrogen and oxygen atoms in total. The quantitative estimate of drug-likeness (QED) is 0.542. The summed E-state index contributed by atoms with van der Waals surface area (Å²) in [6, 6.07) is 15.4. The molecular weight excluding hydrogens is 397 g/mol. The molecule has 0 aliphatic heterocycles. The second kappa shape index (κ2) is 9.47. The molecule has 0 unspecified atom stereocenters. The smallest absolute Gasteiger partial charge is 0.276 e. The number of hydrogen-bond donors (Lipinski definition) is 3. The van der Waals surface area contributed by atoms with Crippen LogP contribution in [0.1, 0.15) is 20.0 Å². The minimum absolute atomic E-state index is 0.0665. The van der Waals surface area contributed by atoms with Crippen molar-refractivity contribution in [3.05, 3.63) is 82.3 Å². The molecule has 3 rings (SSSR count). The Morgan fingerprint density at radius 3 is 2.52 bits per heavy atom. The Morgan fingerprint density at radius 2 is 1.76 bits per heavy atom. The summed E-state index contributed by atoms with van der Waals surface area (Å²) in [6.07, 6.45) is 0. The molecule has 0 radical (unpaired) electrons. The Morgan fingerprint density at radius 1 is 0.931 bits per heavy atom. The van der Waals surface area contributed by atoms with Crippen molar-refractivity contribution in [1.29, 1.82) is 0 Å². The maximum atomic E-state index is 13.4. The van der Waals surface area contributed by atoms with E-state index in [1.807, 2.05) is 0 Å². The summed E-state index contributed by atoms with van der Waals surface area (Å²) in [4.78, 5) is 36.6. The van der Waals surface area contributed by atoms with Gasteiger partial charge >= 0.3 is 0 Å². The highest BCUT2D eigenvalue weighted by Crippen LogP contribution is 2.16. The summed E-state index contributed by atoms with van der Waals surface area (Å²) in [5.74, 6) is -2.19. The summed E-state index contributed by atoms with van der Waals surface area (Å²) < 4.78 is 18.5. The van der Waals surface area contributed by atoms with E-state index in [0.717, 1.165) is 0 Å². The predicted molar refractivity (Wildman–Crippen MR) is 106 cm³/mol. The lowest BCUT2D eigenvalue weighted by Gasteiger charge is -2.10. The van der Waals surface area contributed by atoms with E-state index in [0.29, 0.717) is 10.6 Å². The van der Waals surface area contributed by atoms with Crippen molar-refractivity contribution in [2.75, 3.05) is 11.9 Å². The largest absolute Gasteiger partial charge is 0.481 e. The second-order valence-electron chi connectivity index (χ2n) is 5.73. The number of rotatable bonds is 6. The molecule has 0 saturated carbocycles. The molecule has 1 aromatic heterocycles. The van der Waals surface area contributed by atoms with E-state index in [4.69, 9.17) is 4.74 Å². The first-order valence-electron chi connectivity index (χ1n) is 8.44. The summed E-state index contributed by atoms with van der Waals surface area (Å²) in [7, 11) is 0. The Balaban J connectivity index is 1.50. The van der Waals surface area contributed by atoms with Gasteiger partial charge in [-0.2, -0.15) is 0 Å². The Labute approximate surface area is 169 Å². The molecule has 148 valence electrons. The van der Waals surface area contributed by atoms with E-state index < -0.39 is 24.2 Å². The van der Waals surface area contributed by atoms with Gasteiger partial charge in [0.2, 0.25) is 0 Å². The van der Waals surface area contributed by atoms with Crippen LogP contribution in [0.25, 0.3) is 0 Å². The molecule has 1 heterocycles. The number of ether oxygens (including phenoxy) is 1. The van der Waals surface area contributed by atoms with Gasteiger partial charge in [0.05, 0.1) is 4.88 Å². The molecule has 3 aromatic rings. The molecule has 3 amide bonds. The zero-order valence-electron chi connectivity index (χ0n) is 15.0. The molecule has 3 N–H and O–H groups in total. The van der Waals surface area contributed by atoms with Gasteiger partial charge in [0, 0.05) is 11.3 Å². The zero-order valence-corrected chi connectivity index (χ0v) is 15.8. The number of benzene rings is 2. The van der Waals surface area contributed by atoms with Crippen LogP contribution in [0, 0.1) is 5.82 Å². The molecule has 0 aliphatic rings. The van der Waals surface area contributed by atoms with Gasteiger partial charge in [-0.05, 0) is 41.8 Å². The third-order valence-electron chi connectivity index (χ3n) is 3.64. The van der Waals surface area contributed by atoms with Crippen LogP contribution in [0.2, 0.25) is 0 Å². The number of thiophene rings is 1. The first-order valence-corrected chi connectivity index (χ1v) is 9.32. The van der Waals surface area contributed by atoms with Crippen LogP contribution in [0.4, 0.5) is 10.1 Å². The zero-order chi connectivity index (χ0) is 20.6. The van der Waals surface area contributed by atoms with E-state index in [1.165, 1.54) is 41.7 Å². The summed E-state index contributed by atoms with van der Waals surface area (Å²) in [6.45, 7) is -0.474. The summed E-state index contributed by atoms with van der Waals surface area (Å²) >= 11 is 1.30. The maximum absolute atomic E-state index is 13.4. The molecule has 0 fully saturated rings. The molecule has 29 heavy (non-hydrogen) atoms. The van der Waals surface area contributed by atoms with Gasteiger partial charge in [-0.1, -0.05) is 24.3 Å². The van der Waals surface area contributed by atoms with Gasteiger partial charge in [-0.15, -0.1) is 11.3 Å². The number of halogens is 1. The third-order valence-corrected chi connectivity index (χ3v) is 4.51. The molecule has 0 saturated heterocycles. The fourth-order valence-electron chi connectivity index (χ4n) is 2.28. The number of nitrogens with one attached hydrogen (secondary N) is 3. The van der Waals surface area contributed by atoms with Crippen LogP contribution in [-0.2, 0) is 4.79 Å². The van der Waals surface area contributed by atoms with Crippen molar-refractivity contribution < 1.29 is 23.5 Å². The highest BCUT2D eigenvalue weighted by atomic mass is 32.1. The first-order chi connectivity index (χ1) is 14.0. The van der Waals surface area contributed by atoms with Crippen LogP contribution < -0.4 is 20.9 Å². The third kappa shape index (κ3) is 5.63. The van der Waals surface area contributed by atoms with Gasteiger partial charge in [0.15, 0.2) is 18.2 Å². The van der Waals surface area contributed by atoms with Crippen molar-refractivity contribution in [2.24, 2.45) is 0 Å². The molecule has 0 aliphatic carbocycles. The number of carbonyl (C=O) groups excluding carboxylic acids is 3. The monoisotopic (exact) mass is 413 g/mol. The SMILES string of the molecule is O=C(COc1ccccc1F)NNC(=O)c1cccc(NC(=O)c2cccs2)c1. The number of anilines is 1. The lowest BCUT2D eigenvalue weighted by molar-refractivity contribution is -0.123. The molecular formula is C20H16FN3O4S. The van der Waals surface area contributed by atoms with Crippen LogP contribution in [0.3, 0.4) is 0 Å². The molecule has 2 aromatic carbocycles. The Kier molecular flexibility index (Phi) is 6.54. The number of carbonyl (C=O) groups is 3. The van der Waals surface area contributed by atoms with Gasteiger partial charge < -0.3 is 10.1 Å². The maximum Gasteiger partial charge on any atom is 0.276 e. The number of hydrazine groups is 1. The van der Waals surface area contributed by atoms with Crippen molar-refractivity contribution >= 4 is 34.7 Å². The van der Waals surface area contributed by atoms with E-state index in [-0.39, 0.29) is 17.2 Å². The lowest BCUT2D eigenvalue weighted by Crippen LogP contribution is -2.43. The van der Waals surface area contributed by atoms with Crippen molar-refractivity contribution in [3.8, 4) is 5.75 Å². The van der Waals surface area contributed by atoms with Gasteiger partial charge in [-0.3, -0.25) is 25.2 Å². The number of para-hydroxylation sites is 1. The topological polar surface area (TPSA) is 96.5 Å². The number of hydrogen-bond acceptors (Lipinski definition) is 5. The van der Waals surface area contributed by atoms with Crippen molar-refractivity contribution in [3.63, 3.8) is 0 Å².